The van der Waals surface area contributed by atoms with Crippen LogP contribution in [0.2, 0.25) is 0 Å². The van der Waals surface area contributed by atoms with Crippen LogP contribution in [0.4, 0.5) is 0 Å². The fourth-order valence-corrected chi connectivity index (χ4v) is 4.24. The summed E-state index contributed by atoms with van der Waals surface area (Å²) in [6.07, 6.45) is 4.06. The molecule has 2 aliphatic rings. The zero-order valence-corrected chi connectivity index (χ0v) is 14.9. The monoisotopic (exact) mass is 351 g/mol. The van der Waals surface area contributed by atoms with Gasteiger partial charge in [-0.25, -0.2) is 0 Å². The third-order valence-corrected chi connectivity index (χ3v) is 5.57. The molecule has 0 unspecified atom stereocenters. The van der Waals surface area contributed by atoms with Crippen LogP contribution in [0.1, 0.15) is 17.5 Å². The number of hydrogen-bond donors (Lipinski definition) is 1. The summed E-state index contributed by atoms with van der Waals surface area (Å²) < 4.78 is 5.76. The molecule has 2 atom stereocenters. The van der Waals surface area contributed by atoms with Gasteiger partial charge in [-0.3, -0.25) is 14.7 Å². The predicted octanol–water partition coefficient (Wildman–Crippen LogP) is 2.24. The first-order valence-corrected chi connectivity index (χ1v) is 9.23. The van der Waals surface area contributed by atoms with Gasteiger partial charge in [-0.05, 0) is 17.2 Å². The Bertz CT molecular complexity index is 737. The van der Waals surface area contributed by atoms with Gasteiger partial charge < -0.3 is 10.1 Å². The van der Waals surface area contributed by atoms with Gasteiger partial charge in [0.05, 0.1) is 13.2 Å². The Morgan fingerprint density at radius 1 is 1.23 bits per heavy atom. The molecule has 2 aliphatic heterocycles. The summed E-state index contributed by atoms with van der Waals surface area (Å²) >= 11 is 0. The van der Waals surface area contributed by atoms with Gasteiger partial charge in [0.25, 0.3) is 0 Å². The van der Waals surface area contributed by atoms with Gasteiger partial charge in [-0.1, -0.05) is 36.4 Å². The van der Waals surface area contributed by atoms with Gasteiger partial charge >= 0.3 is 0 Å². The number of nitrogens with one attached hydrogen (secondary N) is 1. The van der Waals surface area contributed by atoms with Crippen LogP contribution in [0, 0.1) is 11.3 Å². The van der Waals surface area contributed by atoms with Crippen molar-refractivity contribution in [3.8, 4) is 0 Å². The molecule has 2 saturated heterocycles. The molecule has 2 aromatic rings. The lowest BCUT2D eigenvalue weighted by Crippen LogP contribution is -2.37. The average Bonchev–Trinajstić information content (AvgIpc) is 3.18. The molecule has 1 aromatic heterocycles. The summed E-state index contributed by atoms with van der Waals surface area (Å²) in [4.78, 5) is 19.1. The predicted molar refractivity (Wildman–Crippen MR) is 99.2 cm³/mol. The van der Waals surface area contributed by atoms with Crippen molar-refractivity contribution in [2.75, 3.05) is 26.3 Å². The van der Waals surface area contributed by atoms with Crippen LogP contribution < -0.4 is 5.32 Å². The molecule has 5 nitrogen and oxygen atoms in total. The fraction of sp³-hybridized carbons (Fsp3) is 0.429. The van der Waals surface area contributed by atoms with Crippen LogP contribution in [0.25, 0.3) is 0 Å². The minimum atomic E-state index is -0.0478. The number of pyridine rings is 1. The SMILES string of the molecule is O=C(C[C@]12COC[C@H]1CN(Cc1ccccc1)C2)NCc1cccnc1. The molecule has 4 rings (SSSR count). The van der Waals surface area contributed by atoms with E-state index in [1.54, 1.807) is 12.4 Å². The van der Waals surface area contributed by atoms with Crippen LogP contribution in [0.5, 0.6) is 0 Å². The van der Waals surface area contributed by atoms with E-state index in [1.165, 1.54) is 5.56 Å². The van der Waals surface area contributed by atoms with Gasteiger partial charge in [0, 0.05) is 56.3 Å². The highest BCUT2D eigenvalue weighted by atomic mass is 16.5. The largest absolute Gasteiger partial charge is 0.380 e. The summed E-state index contributed by atoms with van der Waals surface area (Å²) in [5, 5.41) is 3.04. The molecule has 3 heterocycles. The van der Waals surface area contributed by atoms with E-state index in [4.69, 9.17) is 4.74 Å². The van der Waals surface area contributed by atoms with E-state index < -0.39 is 0 Å². The maximum atomic E-state index is 12.6. The highest BCUT2D eigenvalue weighted by molar-refractivity contribution is 5.77. The van der Waals surface area contributed by atoms with Crippen molar-refractivity contribution in [2.24, 2.45) is 11.3 Å². The fourth-order valence-electron chi connectivity index (χ4n) is 4.24. The Balaban J connectivity index is 1.36. The van der Waals surface area contributed by atoms with Gasteiger partial charge in [0.15, 0.2) is 0 Å². The van der Waals surface area contributed by atoms with Crippen molar-refractivity contribution < 1.29 is 9.53 Å². The first kappa shape index (κ1) is 17.2. The standard InChI is InChI=1S/C21H25N3O2/c25-20(23-11-18-7-4-8-22-10-18)9-21-15-24(13-19(21)14-26-16-21)12-17-5-2-1-3-6-17/h1-8,10,19H,9,11-16H2,(H,23,25)/t19-,21+/m1/s1. The summed E-state index contributed by atoms with van der Waals surface area (Å²) in [5.41, 5.74) is 2.30. The maximum absolute atomic E-state index is 12.6. The van der Waals surface area contributed by atoms with E-state index in [0.29, 0.717) is 25.5 Å². The first-order chi connectivity index (χ1) is 12.7. The van der Waals surface area contributed by atoms with E-state index in [-0.39, 0.29) is 11.3 Å². The second-order valence-corrected chi connectivity index (χ2v) is 7.54. The molecule has 136 valence electrons. The Morgan fingerprint density at radius 3 is 2.88 bits per heavy atom. The normalized spacial score (nSPS) is 25.2. The third-order valence-electron chi connectivity index (χ3n) is 5.57. The van der Waals surface area contributed by atoms with Crippen LogP contribution in [-0.2, 0) is 22.6 Å². The number of benzene rings is 1. The number of carbonyl (C=O) groups excluding carboxylic acids is 1. The molecule has 0 spiro atoms. The first-order valence-electron chi connectivity index (χ1n) is 9.23. The maximum Gasteiger partial charge on any atom is 0.220 e. The minimum absolute atomic E-state index is 0.0478. The number of likely N-dealkylation sites (tertiary alicyclic amines) is 1. The van der Waals surface area contributed by atoms with Crippen molar-refractivity contribution in [1.82, 2.24) is 15.2 Å². The minimum Gasteiger partial charge on any atom is -0.380 e. The Labute approximate surface area is 154 Å². The van der Waals surface area contributed by atoms with Gasteiger partial charge in [0.2, 0.25) is 5.91 Å². The molecule has 0 radical (unpaired) electrons. The van der Waals surface area contributed by atoms with E-state index in [0.717, 1.165) is 31.8 Å². The van der Waals surface area contributed by atoms with Crippen molar-refractivity contribution in [2.45, 2.75) is 19.5 Å². The zero-order chi connectivity index (χ0) is 17.8. The molecule has 0 aliphatic carbocycles. The number of amides is 1. The van der Waals surface area contributed by atoms with E-state index >= 15 is 0 Å². The van der Waals surface area contributed by atoms with Crippen LogP contribution in [0.3, 0.4) is 0 Å². The Hall–Kier alpha value is -2.24. The van der Waals surface area contributed by atoms with Gasteiger partial charge in [-0.15, -0.1) is 0 Å². The molecule has 0 saturated carbocycles. The van der Waals surface area contributed by atoms with Crippen molar-refractivity contribution >= 4 is 5.91 Å². The zero-order valence-electron chi connectivity index (χ0n) is 14.9. The van der Waals surface area contributed by atoms with Gasteiger partial charge in [-0.2, -0.15) is 0 Å². The van der Waals surface area contributed by atoms with Crippen molar-refractivity contribution in [3.05, 3.63) is 66.0 Å². The topological polar surface area (TPSA) is 54.5 Å². The van der Waals surface area contributed by atoms with Gasteiger partial charge in [0.1, 0.15) is 0 Å². The van der Waals surface area contributed by atoms with Crippen LogP contribution in [0.15, 0.2) is 54.9 Å². The second kappa shape index (κ2) is 7.56. The molecule has 5 heteroatoms. The molecule has 1 aromatic carbocycles. The number of aromatic nitrogens is 1. The molecule has 2 fully saturated rings. The summed E-state index contributed by atoms with van der Waals surface area (Å²) in [7, 11) is 0. The smallest absolute Gasteiger partial charge is 0.220 e. The Morgan fingerprint density at radius 2 is 2.08 bits per heavy atom. The van der Waals surface area contributed by atoms with Crippen molar-refractivity contribution in [3.63, 3.8) is 0 Å². The van der Waals surface area contributed by atoms with Crippen LogP contribution in [-0.4, -0.2) is 42.1 Å². The summed E-state index contributed by atoms with van der Waals surface area (Å²) in [5.74, 6) is 0.543. The van der Waals surface area contributed by atoms with E-state index in [9.17, 15) is 4.79 Å². The number of ether oxygens (including phenoxy) is 1. The lowest BCUT2D eigenvalue weighted by Gasteiger charge is -2.26. The molecule has 0 bridgehead atoms. The highest BCUT2D eigenvalue weighted by Crippen LogP contribution is 2.44. The Kier molecular flexibility index (Phi) is 5.00. The number of rotatable bonds is 6. The lowest BCUT2D eigenvalue weighted by molar-refractivity contribution is -0.123. The van der Waals surface area contributed by atoms with Crippen molar-refractivity contribution in [1.29, 1.82) is 0 Å². The van der Waals surface area contributed by atoms with E-state index in [2.05, 4.69) is 39.5 Å². The number of nitrogens with zero attached hydrogens (tertiary/aromatic N) is 2. The molecule has 26 heavy (non-hydrogen) atoms. The molecule has 1 amide bonds. The lowest BCUT2D eigenvalue weighted by atomic mass is 9.78. The average molecular weight is 351 g/mol. The molecular formula is C21H25N3O2. The van der Waals surface area contributed by atoms with E-state index in [1.807, 2.05) is 18.2 Å². The molecular weight excluding hydrogens is 326 g/mol. The number of fused-ring (bicyclic) bond motifs is 1. The second-order valence-electron chi connectivity index (χ2n) is 7.54. The summed E-state index contributed by atoms with van der Waals surface area (Å²) in [6, 6.07) is 14.4. The highest BCUT2D eigenvalue weighted by Gasteiger charge is 2.51. The number of hydrogen-bond acceptors (Lipinski definition) is 4. The number of carbonyl (C=O) groups is 1. The quantitative estimate of drug-likeness (QED) is 0.867. The van der Waals surface area contributed by atoms with Crippen LogP contribution >= 0.6 is 0 Å². The molecule has 1 N–H and O–H groups in total. The third kappa shape index (κ3) is 3.79. The summed E-state index contributed by atoms with van der Waals surface area (Å²) in [6.45, 7) is 4.85.